The van der Waals surface area contributed by atoms with Crippen LogP contribution in [0.1, 0.15) is 42.5 Å². The molecule has 0 saturated heterocycles. The van der Waals surface area contributed by atoms with Crippen LogP contribution in [0.15, 0.2) is 116 Å². The molecule has 1 amide bonds. The Morgan fingerprint density at radius 2 is 1.14 bits per heavy atom. The second-order valence-corrected chi connectivity index (χ2v) is 12.4. The van der Waals surface area contributed by atoms with Crippen molar-refractivity contribution in [2.75, 3.05) is 12.7 Å². The summed E-state index contributed by atoms with van der Waals surface area (Å²) in [6, 6.07) is 36.9. The highest BCUT2D eigenvalue weighted by Crippen LogP contribution is 2.55. The Balaban J connectivity index is 1.37. The molecule has 0 saturated carbocycles. The molecular formula is C31H34N2OP+. The fraction of sp³-hybridized carbons (Fsp3) is 0.226. The third-order valence-corrected chi connectivity index (χ3v) is 11.0. The Morgan fingerprint density at radius 1 is 0.629 bits per heavy atom. The zero-order valence-corrected chi connectivity index (χ0v) is 21.1. The van der Waals surface area contributed by atoms with E-state index in [-0.39, 0.29) is 5.91 Å². The summed E-state index contributed by atoms with van der Waals surface area (Å²) in [6.45, 7) is 0.711. The molecule has 0 atom stereocenters. The summed E-state index contributed by atoms with van der Waals surface area (Å²) in [7, 11) is -1.72. The molecule has 0 radical (unpaired) electrons. The summed E-state index contributed by atoms with van der Waals surface area (Å²) in [6.07, 6.45) is 10.2. The molecule has 0 spiro atoms. The van der Waals surface area contributed by atoms with E-state index in [0.717, 1.165) is 12.8 Å². The summed E-state index contributed by atoms with van der Waals surface area (Å²) in [4.78, 5) is 16.2. The van der Waals surface area contributed by atoms with Crippen molar-refractivity contribution in [3.05, 3.63) is 121 Å². The first kappa shape index (κ1) is 24.8. The van der Waals surface area contributed by atoms with E-state index in [9.17, 15) is 4.79 Å². The Kier molecular flexibility index (Phi) is 9.20. The Bertz CT molecular complexity index is 1060. The second-order valence-electron chi connectivity index (χ2n) is 8.81. The van der Waals surface area contributed by atoms with Crippen molar-refractivity contribution < 1.29 is 4.79 Å². The Morgan fingerprint density at radius 3 is 1.66 bits per heavy atom. The lowest BCUT2D eigenvalue weighted by Crippen LogP contribution is -2.33. The SMILES string of the molecule is O=C(NCCCCCCC[P+](c1ccccc1)(c1ccccc1)c1ccccc1)c1cccnc1. The van der Waals surface area contributed by atoms with E-state index in [2.05, 4.69) is 101 Å². The zero-order chi connectivity index (χ0) is 24.2. The van der Waals surface area contributed by atoms with Crippen LogP contribution in [0.25, 0.3) is 0 Å². The van der Waals surface area contributed by atoms with E-state index < -0.39 is 7.26 Å². The van der Waals surface area contributed by atoms with E-state index in [1.165, 1.54) is 41.3 Å². The first-order chi connectivity index (χ1) is 17.3. The number of aromatic nitrogens is 1. The fourth-order valence-corrected chi connectivity index (χ4v) is 9.10. The number of pyridine rings is 1. The van der Waals surface area contributed by atoms with Crippen molar-refractivity contribution in [1.82, 2.24) is 10.3 Å². The van der Waals surface area contributed by atoms with E-state index in [4.69, 9.17) is 0 Å². The summed E-state index contributed by atoms with van der Waals surface area (Å²) in [5.74, 6) is -0.0405. The highest BCUT2D eigenvalue weighted by atomic mass is 31.2. The number of carbonyl (C=O) groups is 1. The van der Waals surface area contributed by atoms with E-state index in [1.807, 2.05) is 0 Å². The van der Waals surface area contributed by atoms with Gasteiger partial charge < -0.3 is 5.32 Å². The van der Waals surface area contributed by atoms with Gasteiger partial charge in [-0.1, -0.05) is 67.4 Å². The van der Waals surface area contributed by atoms with Gasteiger partial charge in [-0.2, -0.15) is 0 Å². The second kappa shape index (κ2) is 13.0. The van der Waals surface area contributed by atoms with Gasteiger partial charge in [0.2, 0.25) is 0 Å². The number of rotatable bonds is 12. The minimum atomic E-state index is -1.72. The third-order valence-electron chi connectivity index (χ3n) is 6.47. The lowest BCUT2D eigenvalue weighted by Gasteiger charge is -2.27. The van der Waals surface area contributed by atoms with Crippen LogP contribution in [0.5, 0.6) is 0 Å². The van der Waals surface area contributed by atoms with Crippen LogP contribution in [-0.4, -0.2) is 23.6 Å². The van der Waals surface area contributed by atoms with Gasteiger partial charge in [-0.25, -0.2) is 0 Å². The predicted molar refractivity (Wildman–Crippen MR) is 150 cm³/mol. The van der Waals surface area contributed by atoms with Crippen LogP contribution in [0, 0.1) is 0 Å². The third kappa shape index (κ3) is 6.44. The minimum absolute atomic E-state index is 0.0405. The maximum atomic E-state index is 12.1. The van der Waals surface area contributed by atoms with Gasteiger partial charge in [0.05, 0.1) is 11.7 Å². The molecule has 0 aliphatic heterocycles. The largest absolute Gasteiger partial charge is 0.352 e. The molecule has 4 heteroatoms. The van der Waals surface area contributed by atoms with E-state index in [1.54, 1.807) is 24.5 Å². The quantitative estimate of drug-likeness (QED) is 0.207. The molecule has 0 unspecified atom stereocenters. The molecule has 178 valence electrons. The molecule has 4 rings (SSSR count). The molecule has 4 aromatic rings. The summed E-state index contributed by atoms with van der Waals surface area (Å²) in [5, 5.41) is 7.37. The molecule has 35 heavy (non-hydrogen) atoms. The van der Waals surface area contributed by atoms with Crippen molar-refractivity contribution in [3.63, 3.8) is 0 Å². The number of unbranched alkanes of at least 4 members (excludes halogenated alkanes) is 4. The Hall–Kier alpha value is -3.29. The van der Waals surface area contributed by atoms with Gasteiger partial charge in [-0.3, -0.25) is 9.78 Å². The average molecular weight is 482 g/mol. The highest BCUT2D eigenvalue weighted by Gasteiger charge is 2.44. The van der Waals surface area contributed by atoms with Crippen LogP contribution < -0.4 is 21.2 Å². The molecule has 3 nitrogen and oxygen atoms in total. The number of amides is 1. The molecule has 0 fully saturated rings. The van der Waals surface area contributed by atoms with Gasteiger partial charge >= 0.3 is 0 Å². The standard InChI is InChI=1S/C31H33N2OP/c34-31(27-16-15-23-32-26-27)33-24-13-2-1-3-14-25-35(28-17-7-4-8-18-28,29-19-9-5-10-20-29)30-21-11-6-12-22-30/h4-12,15-23,26H,1-3,13-14,24-25H2/p+1. The summed E-state index contributed by atoms with van der Waals surface area (Å²) in [5.41, 5.74) is 0.621. The lowest BCUT2D eigenvalue weighted by molar-refractivity contribution is 0.0952. The predicted octanol–water partition coefficient (Wildman–Crippen LogP) is 5.76. The van der Waals surface area contributed by atoms with Gasteiger partial charge in [-0.15, -0.1) is 0 Å². The minimum Gasteiger partial charge on any atom is -0.352 e. The Labute approximate surface area is 210 Å². The molecule has 0 aliphatic rings. The topological polar surface area (TPSA) is 42.0 Å². The molecule has 3 aromatic carbocycles. The number of benzene rings is 3. The molecular weight excluding hydrogens is 447 g/mol. The monoisotopic (exact) mass is 481 g/mol. The highest BCUT2D eigenvalue weighted by molar-refractivity contribution is 7.95. The first-order valence-electron chi connectivity index (χ1n) is 12.5. The van der Waals surface area contributed by atoms with Crippen molar-refractivity contribution in [3.8, 4) is 0 Å². The van der Waals surface area contributed by atoms with Gasteiger partial charge in [-0.05, 0) is 67.8 Å². The van der Waals surface area contributed by atoms with Crippen LogP contribution >= 0.6 is 7.26 Å². The molecule has 0 aliphatic carbocycles. The normalized spacial score (nSPS) is 11.2. The van der Waals surface area contributed by atoms with Gasteiger partial charge in [0.25, 0.3) is 5.91 Å². The van der Waals surface area contributed by atoms with Crippen LogP contribution in [-0.2, 0) is 0 Å². The van der Waals surface area contributed by atoms with Crippen molar-refractivity contribution in [2.24, 2.45) is 0 Å². The lowest BCUT2D eigenvalue weighted by atomic mass is 10.1. The number of nitrogens with one attached hydrogen (secondary N) is 1. The van der Waals surface area contributed by atoms with Crippen LogP contribution in [0.3, 0.4) is 0 Å². The average Bonchev–Trinajstić information content (AvgIpc) is 2.94. The number of carbonyl (C=O) groups excluding carboxylic acids is 1. The summed E-state index contributed by atoms with van der Waals surface area (Å²) >= 11 is 0. The van der Waals surface area contributed by atoms with Crippen molar-refractivity contribution >= 4 is 29.1 Å². The number of nitrogens with zero attached hydrogens (tertiary/aromatic N) is 1. The van der Waals surface area contributed by atoms with Gasteiger partial charge in [0, 0.05) is 18.9 Å². The van der Waals surface area contributed by atoms with E-state index >= 15 is 0 Å². The fourth-order valence-electron chi connectivity index (χ4n) is 4.69. The first-order valence-corrected chi connectivity index (χ1v) is 14.5. The van der Waals surface area contributed by atoms with Crippen LogP contribution in [0.2, 0.25) is 0 Å². The number of hydrogen-bond acceptors (Lipinski definition) is 2. The summed E-state index contributed by atoms with van der Waals surface area (Å²) < 4.78 is 0. The van der Waals surface area contributed by atoms with Crippen LogP contribution in [0.4, 0.5) is 0 Å². The van der Waals surface area contributed by atoms with Crippen molar-refractivity contribution in [1.29, 1.82) is 0 Å². The van der Waals surface area contributed by atoms with Gasteiger partial charge in [0.1, 0.15) is 23.2 Å². The maximum Gasteiger partial charge on any atom is 0.252 e. The smallest absolute Gasteiger partial charge is 0.252 e. The van der Waals surface area contributed by atoms with Crippen molar-refractivity contribution in [2.45, 2.75) is 32.1 Å². The molecule has 1 heterocycles. The molecule has 1 N–H and O–H groups in total. The molecule has 0 bridgehead atoms. The maximum absolute atomic E-state index is 12.1. The van der Waals surface area contributed by atoms with E-state index in [0.29, 0.717) is 12.1 Å². The van der Waals surface area contributed by atoms with Gasteiger partial charge in [0.15, 0.2) is 0 Å². The molecule has 1 aromatic heterocycles. The number of hydrogen-bond donors (Lipinski definition) is 1. The zero-order valence-electron chi connectivity index (χ0n) is 20.2.